The Morgan fingerprint density at radius 3 is 2.36 bits per heavy atom. The summed E-state index contributed by atoms with van der Waals surface area (Å²) in [6.07, 6.45) is 8.04. The van der Waals surface area contributed by atoms with E-state index in [4.69, 9.17) is 4.74 Å². The first-order valence-corrected chi connectivity index (χ1v) is 9.85. The molecule has 4 bridgehead atoms. The molecule has 1 aromatic rings. The first-order chi connectivity index (χ1) is 11.9. The van der Waals surface area contributed by atoms with Crippen LogP contribution in [0.3, 0.4) is 0 Å². The maximum Gasteiger partial charge on any atom is 0.337 e. The van der Waals surface area contributed by atoms with Gasteiger partial charge < -0.3 is 10.1 Å². The van der Waals surface area contributed by atoms with Gasteiger partial charge in [0.15, 0.2) is 0 Å². The highest BCUT2D eigenvalue weighted by atomic mass is 79.9. The number of alkyl halides is 1. The van der Waals surface area contributed by atoms with Crippen molar-refractivity contribution >= 4 is 33.5 Å². The van der Waals surface area contributed by atoms with Crippen LogP contribution < -0.4 is 5.32 Å². The Balaban J connectivity index is 1.42. The van der Waals surface area contributed by atoms with E-state index in [1.165, 1.54) is 39.2 Å². The van der Waals surface area contributed by atoms with Crippen LogP contribution in [-0.4, -0.2) is 23.3 Å². The molecule has 0 spiro atoms. The minimum Gasteiger partial charge on any atom is -0.465 e. The lowest BCUT2D eigenvalue weighted by atomic mass is 9.48. The number of halogens is 1. The molecule has 0 saturated heterocycles. The highest BCUT2D eigenvalue weighted by molar-refractivity contribution is 9.10. The number of amides is 1. The van der Waals surface area contributed by atoms with Crippen molar-refractivity contribution in [3.63, 3.8) is 0 Å². The number of esters is 1. The first-order valence-electron chi connectivity index (χ1n) is 9.06. The molecular formula is C20H24BrNO3. The predicted molar refractivity (Wildman–Crippen MR) is 99.8 cm³/mol. The molecule has 0 heterocycles. The standard InChI is InChI=1S/C20H24BrNO3/c1-25-18(24)15-2-4-16(5-3-15)22-17(23)11-19-7-13-6-14(8-19)10-20(21,9-13)12-19/h2-5,13-14H,6-12H2,1H3,(H,22,23)/t13-,14+,19?,20?. The summed E-state index contributed by atoms with van der Waals surface area (Å²) in [4.78, 5) is 24.1. The number of nitrogens with one attached hydrogen (secondary N) is 1. The molecule has 4 fully saturated rings. The molecule has 4 aliphatic rings. The van der Waals surface area contributed by atoms with Crippen molar-refractivity contribution in [1.82, 2.24) is 0 Å². The highest BCUT2D eigenvalue weighted by Gasteiger charge is 2.57. The molecule has 25 heavy (non-hydrogen) atoms. The molecule has 4 nitrogen and oxygen atoms in total. The largest absolute Gasteiger partial charge is 0.465 e. The van der Waals surface area contributed by atoms with Gasteiger partial charge in [-0.2, -0.15) is 0 Å². The molecule has 4 aliphatic carbocycles. The number of hydrogen-bond donors (Lipinski definition) is 1. The number of hydrogen-bond acceptors (Lipinski definition) is 3. The van der Waals surface area contributed by atoms with Crippen LogP contribution in [0, 0.1) is 17.3 Å². The van der Waals surface area contributed by atoms with Crippen LogP contribution in [0.2, 0.25) is 0 Å². The van der Waals surface area contributed by atoms with Crippen molar-refractivity contribution in [3.8, 4) is 0 Å². The number of rotatable bonds is 4. The molecule has 5 rings (SSSR count). The first kappa shape index (κ1) is 17.1. The van der Waals surface area contributed by atoms with Crippen LogP contribution in [0.15, 0.2) is 24.3 Å². The summed E-state index contributed by atoms with van der Waals surface area (Å²) in [5.74, 6) is 1.29. The minimum absolute atomic E-state index is 0.0869. The molecule has 4 saturated carbocycles. The van der Waals surface area contributed by atoms with E-state index in [9.17, 15) is 9.59 Å². The lowest BCUT2D eigenvalue weighted by Crippen LogP contribution is -2.53. The normalized spacial score (nSPS) is 35.4. The summed E-state index contributed by atoms with van der Waals surface area (Å²) < 4.78 is 4.97. The second kappa shape index (κ2) is 6.11. The van der Waals surface area contributed by atoms with Gasteiger partial charge in [-0.25, -0.2) is 4.79 Å². The third kappa shape index (κ3) is 3.35. The zero-order valence-corrected chi connectivity index (χ0v) is 16.1. The average Bonchev–Trinajstić information content (AvgIpc) is 2.51. The van der Waals surface area contributed by atoms with E-state index in [-0.39, 0.29) is 21.6 Å². The van der Waals surface area contributed by atoms with E-state index in [2.05, 4.69) is 21.2 Å². The fraction of sp³-hybridized carbons (Fsp3) is 0.600. The lowest BCUT2D eigenvalue weighted by molar-refractivity contribution is -0.123. The predicted octanol–water partition coefficient (Wildman–Crippen LogP) is 4.54. The van der Waals surface area contributed by atoms with Gasteiger partial charge in [-0.15, -0.1) is 0 Å². The highest BCUT2D eigenvalue weighted by Crippen LogP contribution is 2.65. The molecule has 1 aromatic carbocycles. The number of ether oxygens (including phenoxy) is 1. The van der Waals surface area contributed by atoms with Crippen molar-refractivity contribution < 1.29 is 14.3 Å². The van der Waals surface area contributed by atoms with Crippen molar-refractivity contribution in [1.29, 1.82) is 0 Å². The number of benzene rings is 1. The van der Waals surface area contributed by atoms with Gasteiger partial charge in [0.25, 0.3) is 0 Å². The molecule has 1 N–H and O–H groups in total. The van der Waals surface area contributed by atoms with Crippen LogP contribution in [0.1, 0.15) is 55.3 Å². The third-order valence-electron chi connectivity index (χ3n) is 6.24. The van der Waals surface area contributed by atoms with Gasteiger partial charge in [-0.3, -0.25) is 4.79 Å². The topological polar surface area (TPSA) is 55.4 Å². The molecule has 0 aromatic heterocycles. The van der Waals surface area contributed by atoms with E-state index < -0.39 is 0 Å². The fourth-order valence-corrected chi connectivity index (χ4v) is 7.41. The van der Waals surface area contributed by atoms with Gasteiger partial charge in [-0.1, -0.05) is 15.9 Å². The van der Waals surface area contributed by atoms with Gasteiger partial charge in [0.05, 0.1) is 12.7 Å². The van der Waals surface area contributed by atoms with Crippen LogP contribution in [0.4, 0.5) is 5.69 Å². The van der Waals surface area contributed by atoms with Crippen LogP contribution in [-0.2, 0) is 9.53 Å². The molecule has 0 radical (unpaired) electrons. The average molecular weight is 406 g/mol. The van der Waals surface area contributed by atoms with Crippen LogP contribution in [0.25, 0.3) is 0 Å². The summed E-state index contributed by atoms with van der Waals surface area (Å²) in [6.45, 7) is 0. The quantitative estimate of drug-likeness (QED) is 0.590. The van der Waals surface area contributed by atoms with Crippen molar-refractivity contribution in [3.05, 3.63) is 29.8 Å². The maximum absolute atomic E-state index is 12.7. The Hall–Kier alpha value is -1.36. The Bertz CT molecular complexity index is 685. The smallest absolute Gasteiger partial charge is 0.337 e. The Morgan fingerprint density at radius 1 is 1.16 bits per heavy atom. The molecule has 2 unspecified atom stereocenters. The maximum atomic E-state index is 12.7. The van der Waals surface area contributed by atoms with Gasteiger partial charge >= 0.3 is 5.97 Å². The number of anilines is 1. The van der Waals surface area contributed by atoms with E-state index >= 15 is 0 Å². The van der Waals surface area contributed by atoms with Crippen LogP contribution >= 0.6 is 15.9 Å². The van der Waals surface area contributed by atoms with Gasteiger partial charge in [0, 0.05) is 16.4 Å². The van der Waals surface area contributed by atoms with E-state index in [1.54, 1.807) is 24.3 Å². The second-order valence-electron chi connectivity index (χ2n) is 8.41. The van der Waals surface area contributed by atoms with E-state index in [0.717, 1.165) is 23.9 Å². The molecule has 5 heteroatoms. The number of carbonyl (C=O) groups excluding carboxylic acids is 2. The molecular weight excluding hydrogens is 382 g/mol. The van der Waals surface area contributed by atoms with E-state index in [0.29, 0.717) is 12.0 Å². The van der Waals surface area contributed by atoms with Gasteiger partial charge in [0.1, 0.15) is 0 Å². The summed E-state index contributed by atoms with van der Waals surface area (Å²) >= 11 is 4.00. The molecule has 1 amide bonds. The second-order valence-corrected chi connectivity index (χ2v) is 10.1. The summed E-state index contributed by atoms with van der Waals surface area (Å²) in [7, 11) is 1.36. The number of carbonyl (C=O) groups is 2. The number of methoxy groups -OCH3 is 1. The zero-order chi connectivity index (χ0) is 17.7. The Morgan fingerprint density at radius 2 is 1.80 bits per heavy atom. The monoisotopic (exact) mass is 405 g/mol. The third-order valence-corrected chi connectivity index (χ3v) is 7.16. The summed E-state index contributed by atoms with van der Waals surface area (Å²) in [5.41, 5.74) is 1.39. The fourth-order valence-electron chi connectivity index (χ4n) is 5.90. The van der Waals surface area contributed by atoms with Gasteiger partial charge in [-0.05, 0) is 80.0 Å². The van der Waals surface area contributed by atoms with Crippen molar-refractivity contribution in [2.45, 2.75) is 49.3 Å². The minimum atomic E-state index is -0.367. The molecule has 0 aliphatic heterocycles. The van der Waals surface area contributed by atoms with Crippen molar-refractivity contribution in [2.75, 3.05) is 12.4 Å². The Labute approximate surface area is 156 Å². The molecule has 4 atom stereocenters. The van der Waals surface area contributed by atoms with Gasteiger partial charge in [0.2, 0.25) is 5.91 Å². The lowest BCUT2D eigenvalue weighted by Gasteiger charge is -2.60. The SMILES string of the molecule is COC(=O)c1ccc(NC(=O)CC23C[C@@H]4C[C@@H](CC(Br)(C4)C2)C3)cc1. The van der Waals surface area contributed by atoms with Crippen molar-refractivity contribution in [2.24, 2.45) is 17.3 Å². The summed E-state index contributed by atoms with van der Waals surface area (Å²) in [5, 5.41) is 3.01. The Kier molecular flexibility index (Phi) is 4.18. The molecule has 134 valence electrons. The zero-order valence-electron chi connectivity index (χ0n) is 14.5. The van der Waals surface area contributed by atoms with Crippen LogP contribution in [0.5, 0.6) is 0 Å². The van der Waals surface area contributed by atoms with E-state index in [1.807, 2.05) is 0 Å². The summed E-state index contributed by atoms with van der Waals surface area (Å²) in [6, 6.07) is 6.88.